The summed E-state index contributed by atoms with van der Waals surface area (Å²) in [6.45, 7) is 9.01. The maximum Gasteiger partial charge on any atom is 0.290 e. The van der Waals surface area contributed by atoms with Gasteiger partial charge >= 0.3 is 0 Å². The van der Waals surface area contributed by atoms with Gasteiger partial charge in [0.25, 0.3) is 27.2 Å². The number of unbranched alkanes of at least 4 members (excludes halogenated alkanes) is 8. The molecule has 0 aromatic heterocycles. The van der Waals surface area contributed by atoms with E-state index in [1.165, 1.54) is 57.4 Å². The molecule has 0 aliphatic carbocycles. The summed E-state index contributed by atoms with van der Waals surface area (Å²) >= 11 is 0. The third kappa shape index (κ3) is 11.6. The molecule has 0 unspecified atom stereocenters. The first-order valence-electron chi connectivity index (χ1n) is 16.5. The Kier molecular flexibility index (Phi) is 17.7. The van der Waals surface area contributed by atoms with E-state index >= 15 is 0 Å². The van der Waals surface area contributed by atoms with Crippen LogP contribution in [0.25, 0.3) is 22.3 Å². The van der Waals surface area contributed by atoms with E-state index in [1.54, 1.807) is 24.3 Å². The van der Waals surface area contributed by atoms with Crippen molar-refractivity contribution in [1.29, 1.82) is 0 Å². The molecule has 0 saturated carbocycles. The molecule has 0 bridgehead atoms. The number of anilines is 2. The van der Waals surface area contributed by atoms with Crippen LogP contribution in [0.15, 0.2) is 36.4 Å². The molecule has 3 aromatic carbocycles. The van der Waals surface area contributed by atoms with Gasteiger partial charge in [0.05, 0.1) is 11.4 Å². The summed E-state index contributed by atoms with van der Waals surface area (Å²) in [5.74, 6) is -1.00. The molecule has 3 rings (SSSR count). The molecule has 0 spiro atoms. The molecular formula is C35H54N2O9S. The van der Waals surface area contributed by atoms with Gasteiger partial charge < -0.3 is 41.2 Å². The predicted octanol–water partition coefficient (Wildman–Crippen LogP) is 7.78. The number of phenols is 2. The van der Waals surface area contributed by atoms with Crippen LogP contribution in [0.2, 0.25) is 0 Å². The zero-order chi connectivity index (χ0) is 33.0. The number of aromatic hydroxyl groups is 4. The Labute approximate surface area is 280 Å². The monoisotopic (exact) mass is 678 g/mol. The maximum atomic E-state index is 11.1. The van der Waals surface area contributed by atoms with E-state index in [4.69, 9.17) is 4.55 Å². The highest BCUT2D eigenvalue weighted by atomic mass is 32.2. The van der Waals surface area contributed by atoms with Crippen molar-refractivity contribution in [3.05, 3.63) is 36.4 Å². The molecule has 0 aliphatic rings. The Hall–Kier alpha value is -3.45. The van der Waals surface area contributed by atoms with Gasteiger partial charge in [-0.15, -0.1) is 0 Å². The number of rotatable bonds is 21. The minimum Gasteiger partial charge on any atom is -0.870 e. The van der Waals surface area contributed by atoms with E-state index in [2.05, 4.69) is 18.7 Å². The molecule has 0 radical (unpaired) electrons. The second-order valence-electron chi connectivity index (χ2n) is 11.9. The first-order chi connectivity index (χ1) is 21.5. The molecule has 11 nitrogen and oxygen atoms in total. The van der Waals surface area contributed by atoms with Crippen molar-refractivity contribution >= 4 is 21.5 Å². The molecule has 264 valence electrons. The van der Waals surface area contributed by atoms with E-state index in [9.17, 15) is 28.8 Å². The lowest BCUT2D eigenvalue weighted by Gasteiger charge is -2.25. The number of phenolic OH excluding ortho intramolecular Hbond substituents is 2. The fourth-order valence-corrected chi connectivity index (χ4v) is 6.36. The second-order valence-corrected chi connectivity index (χ2v) is 13.5. The molecule has 0 saturated heterocycles. The van der Waals surface area contributed by atoms with Gasteiger partial charge in [-0.05, 0) is 38.3 Å². The maximum absolute atomic E-state index is 11.1. The topological polar surface area (TPSA) is 202 Å². The van der Waals surface area contributed by atoms with Crippen LogP contribution in [0.5, 0.6) is 23.0 Å². The van der Waals surface area contributed by atoms with Crippen LogP contribution in [0.3, 0.4) is 0 Å². The second kappa shape index (κ2) is 20.0. The Bertz CT molecular complexity index is 1420. The molecule has 0 aliphatic heterocycles. The van der Waals surface area contributed by atoms with Gasteiger partial charge in [-0.1, -0.05) is 65.2 Å². The average Bonchev–Trinajstić information content (AvgIpc) is 2.99. The summed E-state index contributed by atoms with van der Waals surface area (Å²) in [7, 11) is -4.06. The van der Waals surface area contributed by atoms with Gasteiger partial charge in [0.2, 0.25) is 11.3 Å². The van der Waals surface area contributed by atoms with E-state index in [-0.39, 0.29) is 62.8 Å². The Morgan fingerprint density at radius 3 is 1.68 bits per heavy atom. The SMILES string of the molecule is CCCCCCCN(CCCCCCC)c1ccc(-c2c(O)[c+](-c3ccc(N(CC)CCCS(=O)(=O)O)cc3O)[c+]2O)c(O)c1.[OH-].[OH-]. The smallest absolute Gasteiger partial charge is 0.290 e. The Morgan fingerprint density at radius 1 is 0.681 bits per heavy atom. The van der Waals surface area contributed by atoms with Crippen LogP contribution < -0.4 is 9.80 Å². The highest BCUT2D eigenvalue weighted by Gasteiger charge is 2.43. The fourth-order valence-electron chi connectivity index (χ4n) is 5.87. The van der Waals surface area contributed by atoms with Crippen LogP contribution in [0, 0.1) is 0 Å². The van der Waals surface area contributed by atoms with Crippen molar-refractivity contribution in [2.45, 2.75) is 91.4 Å². The third-order valence-electron chi connectivity index (χ3n) is 8.45. The number of benzene rings is 2. The minimum atomic E-state index is -4.06. The first-order valence-corrected chi connectivity index (χ1v) is 18.1. The van der Waals surface area contributed by atoms with Crippen molar-refractivity contribution < 1.29 is 44.3 Å². The van der Waals surface area contributed by atoms with E-state index in [0.29, 0.717) is 24.3 Å². The Balaban J connectivity index is 0.00000552. The van der Waals surface area contributed by atoms with Crippen molar-refractivity contribution in [1.82, 2.24) is 0 Å². The molecule has 0 amide bonds. The summed E-state index contributed by atoms with van der Waals surface area (Å²) in [4.78, 5) is 4.17. The van der Waals surface area contributed by atoms with Crippen molar-refractivity contribution in [3.63, 3.8) is 0 Å². The molecule has 0 atom stereocenters. The summed E-state index contributed by atoms with van der Waals surface area (Å²) in [5, 5.41) is 43.9. The summed E-state index contributed by atoms with van der Waals surface area (Å²) in [5.41, 5.74) is 2.31. The lowest BCUT2D eigenvalue weighted by atomic mass is 9.88. The molecule has 3 aromatic rings. The number of nitrogens with zero attached hydrogens (tertiary/aromatic N) is 2. The van der Waals surface area contributed by atoms with Crippen molar-refractivity contribution in [2.75, 3.05) is 41.7 Å². The van der Waals surface area contributed by atoms with Crippen LogP contribution in [-0.4, -0.2) is 76.3 Å². The lowest BCUT2D eigenvalue weighted by molar-refractivity contribution is 0.430. The predicted molar refractivity (Wildman–Crippen MR) is 188 cm³/mol. The third-order valence-corrected chi connectivity index (χ3v) is 9.26. The molecule has 0 fully saturated rings. The van der Waals surface area contributed by atoms with Crippen molar-refractivity contribution in [2.24, 2.45) is 0 Å². The van der Waals surface area contributed by atoms with Gasteiger partial charge in [0.1, 0.15) is 5.56 Å². The fraction of sp³-hybridized carbons (Fsp3) is 0.543. The zero-order valence-corrected chi connectivity index (χ0v) is 28.8. The standard InChI is InChI=1S/C35H50N2O7S.2H2O/c1-4-7-9-11-13-20-37(21-14-12-10-8-5-2)27-17-19-29(31(39)25-27)33-34(40)32(35(33)41)28-18-16-26(24-30(28)38)36(6-3)22-15-23-45(42,43)44;;/h16-19,24-25,40H,4-15,20-23H2,1-3H3,(H2-2,38,39,41,42,43,44);2*1H2. The normalized spacial score (nSPS) is 11.2. The average molecular weight is 679 g/mol. The van der Waals surface area contributed by atoms with Gasteiger partial charge in [-0.25, -0.2) is 0 Å². The van der Waals surface area contributed by atoms with E-state index in [1.807, 2.05) is 17.9 Å². The molecule has 47 heavy (non-hydrogen) atoms. The van der Waals surface area contributed by atoms with Gasteiger partial charge in [-0.3, -0.25) is 4.55 Å². The molecular weight excluding hydrogens is 624 g/mol. The van der Waals surface area contributed by atoms with Crippen LogP contribution in [0.1, 0.15) is 91.4 Å². The van der Waals surface area contributed by atoms with Crippen molar-refractivity contribution in [3.8, 4) is 45.3 Å². The summed E-state index contributed by atoms with van der Waals surface area (Å²) < 4.78 is 31.1. The molecule has 0 heterocycles. The highest BCUT2D eigenvalue weighted by Crippen LogP contribution is 2.58. The van der Waals surface area contributed by atoms with Gasteiger partial charge in [0.15, 0.2) is 11.3 Å². The van der Waals surface area contributed by atoms with Crippen LogP contribution in [-0.2, 0) is 10.1 Å². The summed E-state index contributed by atoms with van der Waals surface area (Å²) in [6.07, 6.45) is 12.0. The lowest BCUT2D eigenvalue weighted by Crippen LogP contribution is -2.25. The zero-order valence-electron chi connectivity index (χ0n) is 28.0. The van der Waals surface area contributed by atoms with E-state index in [0.717, 1.165) is 31.6 Å². The van der Waals surface area contributed by atoms with Gasteiger partial charge in [-0.2, -0.15) is 8.42 Å². The number of hydrogen-bond acceptors (Lipinski definition) is 10. The van der Waals surface area contributed by atoms with Gasteiger partial charge in [0, 0.05) is 56.1 Å². The highest BCUT2D eigenvalue weighted by molar-refractivity contribution is 7.85. The first kappa shape index (κ1) is 41.6. The van der Waals surface area contributed by atoms with Crippen LogP contribution in [0.4, 0.5) is 11.4 Å². The largest absolute Gasteiger partial charge is 0.870 e. The molecule has 12 heteroatoms. The quantitative estimate of drug-likeness (QED) is 0.0418. The number of hydrogen-bond donors (Lipinski definition) is 5. The molecule has 7 N–H and O–H groups in total. The minimum absolute atomic E-state index is 0. The Morgan fingerprint density at radius 2 is 1.19 bits per heavy atom. The van der Waals surface area contributed by atoms with Crippen LogP contribution >= 0.6 is 0 Å². The van der Waals surface area contributed by atoms with E-state index < -0.39 is 10.1 Å². The summed E-state index contributed by atoms with van der Waals surface area (Å²) in [6, 6.07) is 10.1.